The van der Waals surface area contributed by atoms with Gasteiger partial charge < -0.3 is 14.1 Å². The van der Waals surface area contributed by atoms with E-state index >= 15 is 0 Å². The molecule has 0 radical (unpaired) electrons. The molecule has 8 nitrogen and oxygen atoms in total. The van der Waals surface area contributed by atoms with Gasteiger partial charge in [0, 0.05) is 5.70 Å². The summed E-state index contributed by atoms with van der Waals surface area (Å²) in [5, 5.41) is 0. The first-order valence-electron chi connectivity index (χ1n) is 11.3. The van der Waals surface area contributed by atoms with Gasteiger partial charge in [0.25, 0.3) is 5.91 Å². The van der Waals surface area contributed by atoms with Crippen LogP contribution in [0, 0.1) is 0 Å². The second-order valence-corrected chi connectivity index (χ2v) is 9.98. The van der Waals surface area contributed by atoms with Gasteiger partial charge in [-0.3, -0.25) is 4.79 Å². The predicted octanol–water partition coefficient (Wildman–Crippen LogP) is 4.19. The lowest BCUT2D eigenvalue weighted by atomic mass is 10.1. The Bertz CT molecular complexity index is 1440. The van der Waals surface area contributed by atoms with Gasteiger partial charge in [-0.15, -0.1) is 0 Å². The molecular formula is C27H26N2O6S. The maximum Gasteiger partial charge on any atom is 0.340 e. The van der Waals surface area contributed by atoms with Crippen LogP contribution >= 0.6 is 0 Å². The number of carbonyl (C=O) groups excluding carboxylic acids is 2. The Kier molecular flexibility index (Phi) is 7.23. The average Bonchev–Trinajstić information content (AvgIpc) is 3.44. The first-order valence-corrected chi connectivity index (χ1v) is 12.7. The Labute approximate surface area is 209 Å². The van der Waals surface area contributed by atoms with Crippen molar-refractivity contribution in [1.82, 2.24) is 9.62 Å². The third-order valence-electron chi connectivity index (χ3n) is 5.96. The number of rotatable bonds is 8. The van der Waals surface area contributed by atoms with E-state index in [-0.39, 0.29) is 34.5 Å². The van der Waals surface area contributed by atoms with E-state index in [4.69, 9.17) is 9.15 Å². The summed E-state index contributed by atoms with van der Waals surface area (Å²) < 4.78 is 38.1. The summed E-state index contributed by atoms with van der Waals surface area (Å²) >= 11 is 0. The first-order chi connectivity index (χ1) is 17.2. The number of hydrogen-bond donors (Lipinski definition) is 1. The number of nitrogens with one attached hydrogen (secondary N) is 1. The molecule has 0 spiro atoms. The molecule has 0 bridgehead atoms. The topological polar surface area (TPSA) is 106 Å². The summed E-state index contributed by atoms with van der Waals surface area (Å²) in [6.45, 7) is 3.51. The minimum atomic E-state index is -3.71. The molecule has 1 atom stereocenters. The highest BCUT2D eigenvalue weighted by atomic mass is 32.2. The predicted molar refractivity (Wildman–Crippen MR) is 134 cm³/mol. The van der Waals surface area contributed by atoms with Crippen LogP contribution < -0.4 is 4.72 Å². The fourth-order valence-corrected chi connectivity index (χ4v) is 5.12. The van der Waals surface area contributed by atoms with Gasteiger partial charge in [-0.2, -0.15) is 0 Å². The highest BCUT2D eigenvalue weighted by Crippen LogP contribution is 2.37. The van der Waals surface area contributed by atoms with E-state index in [2.05, 4.69) is 4.72 Å². The summed E-state index contributed by atoms with van der Waals surface area (Å²) in [7, 11) is -2.45. The molecule has 0 saturated carbocycles. The smallest absolute Gasteiger partial charge is 0.340 e. The highest BCUT2D eigenvalue weighted by molar-refractivity contribution is 7.89. The van der Waals surface area contributed by atoms with E-state index in [1.807, 2.05) is 37.3 Å². The molecule has 0 aliphatic carbocycles. The minimum Gasteiger partial charge on any atom is -0.465 e. The fourth-order valence-electron chi connectivity index (χ4n) is 4.10. The van der Waals surface area contributed by atoms with E-state index < -0.39 is 16.0 Å². The van der Waals surface area contributed by atoms with Gasteiger partial charge in [-0.25, -0.2) is 17.9 Å². The van der Waals surface area contributed by atoms with E-state index in [9.17, 15) is 18.0 Å². The van der Waals surface area contributed by atoms with Crippen LogP contribution in [0.3, 0.4) is 0 Å². The minimum absolute atomic E-state index is 0.0791. The summed E-state index contributed by atoms with van der Waals surface area (Å²) in [6, 6.07) is 20.4. The Morgan fingerprint density at radius 2 is 1.69 bits per heavy atom. The molecule has 1 amide bonds. The number of hydrogen-bond acceptors (Lipinski definition) is 6. The van der Waals surface area contributed by atoms with Crippen molar-refractivity contribution in [1.29, 1.82) is 0 Å². The van der Waals surface area contributed by atoms with Crippen LogP contribution in [0.15, 0.2) is 99.0 Å². The molecule has 9 heteroatoms. The van der Waals surface area contributed by atoms with Crippen molar-refractivity contribution in [3.63, 3.8) is 0 Å². The standard InChI is InChI=1S/C27H26N2O6S/c1-18(20-10-6-4-7-11-20)29-19(2)25(27(31)34-3)24(26(29)30)16-21-14-15-22(35-21)17-28-36(32,33)23-12-8-5-9-13-23/h4-16,18,28H,17H2,1-3H3/b24-16+/t18-/m1/s1. The van der Waals surface area contributed by atoms with E-state index in [1.165, 1.54) is 25.3 Å². The number of ether oxygens (including phenoxy) is 1. The van der Waals surface area contributed by atoms with Crippen molar-refractivity contribution in [2.24, 2.45) is 0 Å². The second-order valence-electron chi connectivity index (χ2n) is 8.21. The lowest BCUT2D eigenvalue weighted by Gasteiger charge is -2.26. The van der Waals surface area contributed by atoms with Gasteiger partial charge in [0.15, 0.2) is 0 Å². The number of sulfonamides is 1. The van der Waals surface area contributed by atoms with Crippen molar-refractivity contribution in [3.05, 3.63) is 107 Å². The quantitative estimate of drug-likeness (QED) is 0.363. The lowest BCUT2D eigenvalue weighted by molar-refractivity contribution is -0.136. The number of esters is 1. The van der Waals surface area contributed by atoms with Crippen molar-refractivity contribution >= 4 is 28.0 Å². The van der Waals surface area contributed by atoms with Gasteiger partial charge >= 0.3 is 5.97 Å². The van der Waals surface area contributed by atoms with Crippen LogP contribution in [0.25, 0.3) is 6.08 Å². The number of amides is 1. The Hall–Kier alpha value is -3.95. The van der Waals surface area contributed by atoms with Crippen LogP contribution in [0.5, 0.6) is 0 Å². The maximum atomic E-state index is 13.5. The van der Waals surface area contributed by atoms with Crippen molar-refractivity contribution in [2.45, 2.75) is 31.3 Å². The number of allylic oxidation sites excluding steroid dienone is 1. The third kappa shape index (κ3) is 5.02. The van der Waals surface area contributed by atoms with Crippen LogP contribution in [-0.2, 0) is 30.9 Å². The molecule has 1 aliphatic heterocycles. The molecule has 0 saturated heterocycles. The lowest BCUT2D eigenvalue weighted by Crippen LogP contribution is -2.28. The molecule has 3 aromatic rings. The zero-order valence-electron chi connectivity index (χ0n) is 20.1. The maximum absolute atomic E-state index is 13.5. The van der Waals surface area contributed by atoms with E-state index in [1.54, 1.807) is 42.2 Å². The van der Waals surface area contributed by atoms with E-state index in [0.29, 0.717) is 17.2 Å². The molecule has 0 fully saturated rings. The molecular weight excluding hydrogens is 480 g/mol. The summed E-state index contributed by atoms with van der Waals surface area (Å²) in [5.74, 6) is -0.332. The van der Waals surface area contributed by atoms with E-state index in [0.717, 1.165) is 5.56 Å². The highest BCUT2D eigenvalue weighted by Gasteiger charge is 2.39. The Morgan fingerprint density at radius 1 is 1.06 bits per heavy atom. The molecule has 2 heterocycles. The van der Waals surface area contributed by atoms with Gasteiger partial charge in [0.05, 0.1) is 35.7 Å². The number of carbonyl (C=O) groups is 2. The first kappa shape index (κ1) is 25.2. The summed E-state index contributed by atoms with van der Waals surface area (Å²) in [6.07, 6.45) is 1.48. The molecule has 0 unspecified atom stereocenters. The largest absolute Gasteiger partial charge is 0.465 e. The number of benzene rings is 2. The molecule has 1 aromatic heterocycles. The number of methoxy groups -OCH3 is 1. The SMILES string of the molecule is COC(=O)C1=C(C)N([C@H](C)c2ccccc2)C(=O)/C1=C/c1ccc(CNS(=O)(=O)c2ccccc2)o1. The molecule has 1 N–H and O–H groups in total. The van der Waals surface area contributed by atoms with Crippen LogP contribution in [0.1, 0.15) is 37.0 Å². The van der Waals surface area contributed by atoms with Crippen molar-refractivity contribution < 1.29 is 27.2 Å². The number of nitrogens with zero attached hydrogens (tertiary/aromatic N) is 1. The van der Waals surface area contributed by atoms with Crippen molar-refractivity contribution in [3.8, 4) is 0 Å². The Balaban J connectivity index is 1.59. The normalized spacial score (nSPS) is 16.0. The second kappa shape index (κ2) is 10.3. The average molecular weight is 507 g/mol. The van der Waals surface area contributed by atoms with Gasteiger partial charge in [0.2, 0.25) is 10.0 Å². The molecule has 1 aliphatic rings. The zero-order chi connectivity index (χ0) is 25.9. The van der Waals surface area contributed by atoms with Gasteiger partial charge in [0.1, 0.15) is 11.5 Å². The molecule has 2 aromatic carbocycles. The number of furan rings is 1. The Morgan fingerprint density at radius 3 is 2.33 bits per heavy atom. The molecule has 36 heavy (non-hydrogen) atoms. The molecule has 186 valence electrons. The molecule has 4 rings (SSSR count). The van der Waals surface area contributed by atoms with Gasteiger partial charge in [-0.05, 0) is 49.8 Å². The van der Waals surface area contributed by atoms with Crippen molar-refractivity contribution in [2.75, 3.05) is 7.11 Å². The van der Waals surface area contributed by atoms with Crippen LogP contribution in [0.2, 0.25) is 0 Å². The monoisotopic (exact) mass is 506 g/mol. The fraction of sp³-hybridized carbons (Fsp3) is 0.185. The van der Waals surface area contributed by atoms with Crippen LogP contribution in [0.4, 0.5) is 0 Å². The van der Waals surface area contributed by atoms with Gasteiger partial charge in [-0.1, -0.05) is 48.5 Å². The summed E-state index contributed by atoms with van der Waals surface area (Å²) in [5.41, 5.74) is 1.71. The van der Waals surface area contributed by atoms with Crippen LogP contribution in [-0.4, -0.2) is 32.3 Å². The third-order valence-corrected chi connectivity index (χ3v) is 7.38. The summed E-state index contributed by atoms with van der Waals surface area (Å²) in [4.78, 5) is 27.8. The zero-order valence-corrected chi connectivity index (χ0v) is 20.9.